The molecule has 3 heteroatoms. The summed E-state index contributed by atoms with van der Waals surface area (Å²) in [7, 11) is 2.11. The molecule has 0 spiro atoms. The van der Waals surface area contributed by atoms with Crippen molar-refractivity contribution in [1.82, 2.24) is 9.78 Å². The van der Waals surface area contributed by atoms with Crippen molar-refractivity contribution >= 4 is 0 Å². The molecule has 1 aromatic heterocycles. The van der Waals surface area contributed by atoms with Crippen LogP contribution in [0.25, 0.3) is 0 Å². The molecule has 0 saturated heterocycles. The Labute approximate surface area is 151 Å². The van der Waals surface area contributed by atoms with Crippen molar-refractivity contribution in [3.05, 3.63) is 53.3 Å². The molecule has 25 heavy (non-hydrogen) atoms. The molecule has 3 atom stereocenters. The second-order valence-corrected chi connectivity index (χ2v) is 8.33. The Kier molecular flexibility index (Phi) is 4.23. The number of fused-ring (bicyclic) bond motifs is 3. The number of hydrogen-bond donors (Lipinski definition) is 1. The first-order valence-corrected chi connectivity index (χ1v) is 9.84. The third kappa shape index (κ3) is 2.83. The van der Waals surface area contributed by atoms with Crippen LogP contribution < -0.4 is 0 Å². The molecule has 1 saturated carbocycles. The fourth-order valence-electron chi connectivity index (χ4n) is 5.55. The maximum atomic E-state index is 11.0. The van der Waals surface area contributed by atoms with Crippen LogP contribution in [0.5, 0.6) is 0 Å². The van der Waals surface area contributed by atoms with Crippen molar-refractivity contribution in [3.8, 4) is 0 Å². The fraction of sp³-hybridized carbons (Fsp3) is 0.591. The summed E-state index contributed by atoms with van der Waals surface area (Å²) in [6, 6.07) is 10.9. The van der Waals surface area contributed by atoms with Gasteiger partial charge in [-0.3, -0.25) is 4.68 Å². The number of aryl methyl sites for hydroxylation is 2. The first-order valence-electron chi connectivity index (χ1n) is 9.84. The first kappa shape index (κ1) is 16.8. The lowest BCUT2D eigenvalue weighted by Crippen LogP contribution is -2.49. The molecule has 0 unspecified atom stereocenters. The number of aliphatic hydroxyl groups is 1. The Morgan fingerprint density at radius 2 is 2.04 bits per heavy atom. The lowest BCUT2D eigenvalue weighted by atomic mass is 9.57. The SMILES string of the molecule is CC[C@]1(O)CC[C@]2(Cc3ccccc3)c3c(cnn3C)CCC[C@@H]2C1. The molecule has 2 aromatic rings. The van der Waals surface area contributed by atoms with Crippen LogP contribution in [-0.4, -0.2) is 20.5 Å². The minimum atomic E-state index is -0.478. The zero-order chi connectivity index (χ0) is 17.5. The van der Waals surface area contributed by atoms with E-state index in [-0.39, 0.29) is 5.41 Å². The van der Waals surface area contributed by atoms with E-state index in [2.05, 4.69) is 60.3 Å². The number of aromatic nitrogens is 2. The Bertz CT molecular complexity index is 738. The van der Waals surface area contributed by atoms with E-state index in [4.69, 9.17) is 0 Å². The minimum Gasteiger partial charge on any atom is -0.390 e. The van der Waals surface area contributed by atoms with Gasteiger partial charge in [-0.2, -0.15) is 5.10 Å². The molecule has 0 amide bonds. The van der Waals surface area contributed by atoms with Gasteiger partial charge in [0.1, 0.15) is 0 Å². The molecular formula is C22H30N2O. The summed E-state index contributed by atoms with van der Waals surface area (Å²) in [4.78, 5) is 0. The van der Waals surface area contributed by atoms with Gasteiger partial charge in [0.15, 0.2) is 0 Å². The van der Waals surface area contributed by atoms with Gasteiger partial charge in [0.25, 0.3) is 0 Å². The highest BCUT2D eigenvalue weighted by atomic mass is 16.3. The van der Waals surface area contributed by atoms with Crippen LogP contribution in [0.1, 0.15) is 62.3 Å². The molecule has 1 fully saturated rings. The Hall–Kier alpha value is -1.61. The van der Waals surface area contributed by atoms with Gasteiger partial charge in [-0.05, 0) is 68.4 Å². The standard InChI is InChI=1S/C22H30N2O/c1-3-21(25)12-13-22(14-17-8-5-4-6-9-17)19(15-21)11-7-10-18-16-23-24(2)20(18)22/h4-6,8-9,16,19,25H,3,7,10-15H2,1-2H3/t19-,21+,22-/m1/s1. The number of benzene rings is 1. The molecule has 134 valence electrons. The average molecular weight is 338 g/mol. The van der Waals surface area contributed by atoms with Gasteiger partial charge in [-0.25, -0.2) is 0 Å². The summed E-state index contributed by atoms with van der Waals surface area (Å²) in [5, 5.41) is 15.7. The van der Waals surface area contributed by atoms with Crippen LogP contribution >= 0.6 is 0 Å². The number of nitrogens with zero attached hydrogens (tertiary/aromatic N) is 2. The molecule has 2 aliphatic carbocycles. The van der Waals surface area contributed by atoms with Gasteiger partial charge in [0.05, 0.1) is 11.8 Å². The highest BCUT2D eigenvalue weighted by Crippen LogP contribution is 2.53. The topological polar surface area (TPSA) is 38.1 Å². The third-order valence-corrected chi connectivity index (χ3v) is 6.95. The molecule has 1 N–H and O–H groups in total. The van der Waals surface area contributed by atoms with Crippen LogP contribution in [0.2, 0.25) is 0 Å². The molecule has 0 bridgehead atoms. The van der Waals surface area contributed by atoms with Crippen molar-refractivity contribution in [2.45, 2.75) is 69.3 Å². The van der Waals surface area contributed by atoms with E-state index in [1.807, 2.05) is 0 Å². The van der Waals surface area contributed by atoms with Crippen molar-refractivity contribution in [3.63, 3.8) is 0 Å². The second-order valence-electron chi connectivity index (χ2n) is 8.33. The van der Waals surface area contributed by atoms with Gasteiger partial charge in [0, 0.05) is 18.2 Å². The van der Waals surface area contributed by atoms with E-state index in [0.717, 1.165) is 38.5 Å². The maximum Gasteiger partial charge on any atom is 0.0648 e. The quantitative estimate of drug-likeness (QED) is 0.912. The molecule has 1 aromatic carbocycles. The summed E-state index contributed by atoms with van der Waals surface area (Å²) >= 11 is 0. The van der Waals surface area contributed by atoms with Crippen LogP contribution in [0.3, 0.4) is 0 Å². The second kappa shape index (κ2) is 6.28. The highest BCUT2D eigenvalue weighted by molar-refractivity contribution is 5.34. The van der Waals surface area contributed by atoms with E-state index in [1.54, 1.807) is 0 Å². The zero-order valence-corrected chi connectivity index (χ0v) is 15.5. The smallest absolute Gasteiger partial charge is 0.0648 e. The predicted octanol–water partition coefficient (Wildman–Crippen LogP) is 4.18. The predicted molar refractivity (Wildman–Crippen MR) is 101 cm³/mol. The lowest BCUT2D eigenvalue weighted by Gasteiger charge is -2.50. The molecular weight excluding hydrogens is 308 g/mol. The fourth-order valence-corrected chi connectivity index (χ4v) is 5.55. The zero-order valence-electron chi connectivity index (χ0n) is 15.5. The lowest BCUT2D eigenvalue weighted by molar-refractivity contribution is -0.0513. The van der Waals surface area contributed by atoms with Crippen molar-refractivity contribution in [2.24, 2.45) is 13.0 Å². The van der Waals surface area contributed by atoms with Gasteiger partial charge >= 0.3 is 0 Å². The van der Waals surface area contributed by atoms with E-state index < -0.39 is 5.60 Å². The first-order chi connectivity index (χ1) is 12.1. The molecule has 2 aliphatic rings. The summed E-state index contributed by atoms with van der Waals surface area (Å²) in [5.74, 6) is 0.531. The molecule has 4 rings (SSSR count). The Morgan fingerprint density at radius 1 is 1.24 bits per heavy atom. The average Bonchev–Trinajstić information content (AvgIpc) is 2.92. The largest absolute Gasteiger partial charge is 0.390 e. The van der Waals surface area contributed by atoms with Crippen LogP contribution in [0.15, 0.2) is 36.5 Å². The Balaban J connectivity index is 1.82. The van der Waals surface area contributed by atoms with Crippen molar-refractivity contribution in [2.75, 3.05) is 0 Å². The normalized spacial score (nSPS) is 31.9. The van der Waals surface area contributed by atoms with E-state index in [1.165, 1.54) is 29.7 Å². The molecule has 1 heterocycles. The monoisotopic (exact) mass is 338 g/mol. The third-order valence-electron chi connectivity index (χ3n) is 6.95. The van der Waals surface area contributed by atoms with Crippen molar-refractivity contribution in [1.29, 1.82) is 0 Å². The van der Waals surface area contributed by atoms with Gasteiger partial charge in [-0.1, -0.05) is 37.3 Å². The highest BCUT2D eigenvalue weighted by Gasteiger charge is 2.51. The minimum absolute atomic E-state index is 0.111. The summed E-state index contributed by atoms with van der Waals surface area (Å²) in [6.45, 7) is 2.14. The van der Waals surface area contributed by atoms with Gasteiger partial charge < -0.3 is 5.11 Å². The summed E-state index contributed by atoms with van der Waals surface area (Å²) in [5.41, 5.74) is 3.91. The maximum absolute atomic E-state index is 11.0. The van der Waals surface area contributed by atoms with Gasteiger partial charge in [-0.15, -0.1) is 0 Å². The molecule has 0 aliphatic heterocycles. The van der Waals surface area contributed by atoms with Crippen LogP contribution in [0, 0.1) is 5.92 Å². The van der Waals surface area contributed by atoms with E-state index in [9.17, 15) is 5.11 Å². The summed E-state index contributed by atoms with van der Waals surface area (Å²) in [6.07, 6.45) is 10.4. The number of rotatable bonds is 3. The summed E-state index contributed by atoms with van der Waals surface area (Å²) < 4.78 is 2.13. The van der Waals surface area contributed by atoms with Gasteiger partial charge in [0.2, 0.25) is 0 Å². The Morgan fingerprint density at radius 3 is 2.80 bits per heavy atom. The van der Waals surface area contributed by atoms with Crippen LogP contribution in [-0.2, 0) is 25.3 Å². The number of hydrogen-bond acceptors (Lipinski definition) is 2. The molecule has 0 radical (unpaired) electrons. The van der Waals surface area contributed by atoms with Crippen LogP contribution in [0.4, 0.5) is 0 Å². The van der Waals surface area contributed by atoms with E-state index >= 15 is 0 Å². The van der Waals surface area contributed by atoms with E-state index in [0.29, 0.717) is 5.92 Å². The molecule has 3 nitrogen and oxygen atoms in total. The van der Waals surface area contributed by atoms with Crippen molar-refractivity contribution < 1.29 is 5.11 Å².